The van der Waals surface area contributed by atoms with Gasteiger partial charge in [0.25, 0.3) is 0 Å². The van der Waals surface area contributed by atoms with Crippen molar-refractivity contribution >= 4 is 12.0 Å². The molecule has 0 amide bonds. The summed E-state index contributed by atoms with van der Waals surface area (Å²) < 4.78 is 12.3. The molecule has 2 aromatic heterocycles. The van der Waals surface area contributed by atoms with Crippen LogP contribution < -0.4 is 26.1 Å². The molecule has 0 spiro atoms. The summed E-state index contributed by atoms with van der Waals surface area (Å²) in [6, 6.07) is 3.93. The van der Waals surface area contributed by atoms with Gasteiger partial charge in [-0.2, -0.15) is 5.10 Å². The molecule has 1 atom stereocenters. The van der Waals surface area contributed by atoms with Crippen molar-refractivity contribution in [3.05, 3.63) is 87.5 Å². The van der Waals surface area contributed by atoms with Gasteiger partial charge in [-0.05, 0) is 101 Å². The number of hydrogen-bond acceptors (Lipinski definition) is 9. The number of carbonyl (C=O) groups excluding carboxylic acids is 1. The van der Waals surface area contributed by atoms with E-state index < -0.39 is 5.54 Å². The number of aldehydes is 1. The molecule has 6 rings (SSSR count). The number of allylic oxidation sites excluding steroid dienone is 7. The second-order valence-corrected chi connectivity index (χ2v) is 13.2. The second kappa shape index (κ2) is 15.6. The number of hydrogen-bond donors (Lipinski definition) is 3. The van der Waals surface area contributed by atoms with E-state index in [0.717, 1.165) is 106 Å². The largest absolute Gasteiger partial charge is 0.493 e. The average molecular weight is 640 g/mol. The molecule has 47 heavy (non-hydrogen) atoms. The van der Waals surface area contributed by atoms with E-state index in [0.29, 0.717) is 18.5 Å². The molecular weight excluding hydrogens is 590 g/mol. The number of aromatic nitrogens is 3. The van der Waals surface area contributed by atoms with Gasteiger partial charge in [0.1, 0.15) is 36.5 Å². The van der Waals surface area contributed by atoms with Gasteiger partial charge in [0.2, 0.25) is 0 Å². The van der Waals surface area contributed by atoms with E-state index in [1.807, 2.05) is 19.1 Å². The number of ether oxygens (including phenoxy) is 2. The van der Waals surface area contributed by atoms with Crippen LogP contribution in [0.5, 0.6) is 5.75 Å². The van der Waals surface area contributed by atoms with Gasteiger partial charge in [0.15, 0.2) is 5.49 Å². The highest BCUT2D eigenvalue weighted by atomic mass is 16.5. The van der Waals surface area contributed by atoms with Crippen molar-refractivity contribution < 1.29 is 14.3 Å². The van der Waals surface area contributed by atoms with Crippen molar-refractivity contribution in [3.8, 4) is 5.75 Å². The van der Waals surface area contributed by atoms with Gasteiger partial charge in [-0.25, -0.2) is 4.99 Å². The molecule has 2 aromatic rings. The normalized spacial score (nSPS) is 26.2. The molecule has 0 saturated carbocycles. The Morgan fingerprint density at radius 3 is 2.81 bits per heavy atom. The van der Waals surface area contributed by atoms with E-state index in [1.165, 1.54) is 35.3 Å². The number of carbonyl (C=O) groups is 1. The van der Waals surface area contributed by atoms with Crippen LogP contribution in [0.25, 0.3) is 5.70 Å². The number of pyridine rings is 1. The van der Waals surface area contributed by atoms with Crippen LogP contribution in [0.1, 0.15) is 76.8 Å². The Hall–Kier alpha value is -4.18. The number of rotatable bonds is 13. The SMILES string of the molecule is C/C1=C(CCCCN(CCOc2ccc(C)nc2)CC[C@@]2(C=O)CO\C3=C/N=c4/[nH]nc/c4=C(/CC3)N2)\C=C/C2=C(CC1)NCCC2. The maximum Gasteiger partial charge on any atom is 0.156 e. The van der Waals surface area contributed by atoms with Crippen molar-refractivity contribution in [2.24, 2.45) is 4.99 Å². The van der Waals surface area contributed by atoms with Crippen LogP contribution in [-0.4, -0.2) is 71.3 Å². The molecular formula is C37H49N7O3. The third kappa shape index (κ3) is 8.60. The molecule has 10 nitrogen and oxygen atoms in total. The quantitative estimate of drug-likeness (QED) is 0.220. The summed E-state index contributed by atoms with van der Waals surface area (Å²) in [6.45, 7) is 8.57. The molecule has 2 bridgehead atoms. The zero-order valence-electron chi connectivity index (χ0n) is 27.9. The fraction of sp³-hybridized carbons (Fsp3) is 0.514. The Labute approximate surface area is 277 Å². The summed E-state index contributed by atoms with van der Waals surface area (Å²) in [5, 5.41) is 15.3. The van der Waals surface area contributed by atoms with Gasteiger partial charge in [-0.1, -0.05) is 17.7 Å². The summed E-state index contributed by atoms with van der Waals surface area (Å²) in [4.78, 5) is 24.1. The first-order valence-corrected chi connectivity index (χ1v) is 17.3. The van der Waals surface area contributed by atoms with E-state index in [-0.39, 0.29) is 6.61 Å². The number of nitrogens with zero attached hydrogens (tertiary/aromatic N) is 4. The molecule has 1 saturated heterocycles. The van der Waals surface area contributed by atoms with Gasteiger partial charge in [0, 0.05) is 43.1 Å². The van der Waals surface area contributed by atoms with E-state index in [1.54, 1.807) is 18.6 Å². The lowest BCUT2D eigenvalue weighted by Crippen LogP contribution is -2.54. The molecule has 10 heteroatoms. The maximum atomic E-state index is 12.8. The summed E-state index contributed by atoms with van der Waals surface area (Å²) >= 11 is 0. The van der Waals surface area contributed by atoms with E-state index in [4.69, 9.17) is 9.47 Å². The smallest absolute Gasteiger partial charge is 0.156 e. The van der Waals surface area contributed by atoms with Gasteiger partial charge >= 0.3 is 0 Å². The zero-order valence-corrected chi connectivity index (χ0v) is 27.9. The average Bonchev–Trinajstić information content (AvgIpc) is 3.54. The fourth-order valence-electron chi connectivity index (χ4n) is 6.74. The third-order valence-corrected chi connectivity index (χ3v) is 9.78. The first kappa shape index (κ1) is 32.7. The molecule has 5 heterocycles. The molecule has 4 aliphatic rings. The number of aryl methyl sites for hydroxylation is 1. The molecule has 0 radical (unpaired) electrons. The Morgan fingerprint density at radius 1 is 1.02 bits per heavy atom. The van der Waals surface area contributed by atoms with Crippen molar-refractivity contribution in [1.82, 2.24) is 30.7 Å². The van der Waals surface area contributed by atoms with Gasteiger partial charge in [-0.3, -0.25) is 15.0 Å². The van der Waals surface area contributed by atoms with Gasteiger partial charge in [-0.15, -0.1) is 0 Å². The van der Waals surface area contributed by atoms with Crippen LogP contribution in [0.2, 0.25) is 0 Å². The first-order valence-electron chi connectivity index (χ1n) is 17.3. The van der Waals surface area contributed by atoms with Crippen molar-refractivity contribution in [2.45, 2.75) is 83.6 Å². The minimum Gasteiger partial charge on any atom is -0.493 e. The molecule has 3 N–H and O–H groups in total. The zero-order chi connectivity index (χ0) is 32.5. The van der Waals surface area contributed by atoms with Crippen LogP contribution in [0, 0.1) is 6.92 Å². The molecule has 0 aromatic carbocycles. The summed E-state index contributed by atoms with van der Waals surface area (Å²) in [6.07, 6.45) is 21.0. The Bertz CT molecular complexity index is 1650. The minimum absolute atomic E-state index is 0.251. The van der Waals surface area contributed by atoms with Crippen molar-refractivity contribution in [2.75, 3.05) is 39.4 Å². The standard InChI is InChI=1S/C37H49N7O3/c1-27-8-14-34-30(7-5-17-38-34)11-10-29(27)6-3-4-18-44(20-21-46-31-12-9-28(2)39-22-31)19-16-37(25-45)26-47-32-13-15-35(42-37)33-24-41-43-36(33)40-23-32/h9-12,22-25,38,42H,3-8,13-21,26H2,1-2H3,(H,40,43)/b11-10-,29-27+,32-23-,35-33+/t37-/m1/s1. The highest BCUT2D eigenvalue weighted by Gasteiger charge is 2.34. The first-order chi connectivity index (χ1) is 23.0. The summed E-state index contributed by atoms with van der Waals surface area (Å²) in [5.74, 6) is 1.56. The van der Waals surface area contributed by atoms with E-state index in [9.17, 15) is 4.79 Å². The number of fused-ring (bicyclic) bond motifs is 4. The van der Waals surface area contributed by atoms with E-state index >= 15 is 0 Å². The number of aromatic amines is 1. The highest BCUT2D eigenvalue weighted by Crippen LogP contribution is 2.28. The predicted molar refractivity (Wildman–Crippen MR) is 183 cm³/mol. The topological polar surface area (TPSA) is 117 Å². The minimum atomic E-state index is -0.867. The lowest BCUT2D eigenvalue weighted by molar-refractivity contribution is -0.115. The molecule has 3 aliphatic heterocycles. The monoisotopic (exact) mass is 639 g/mol. The third-order valence-electron chi connectivity index (χ3n) is 9.78. The van der Waals surface area contributed by atoms with Crippen LogP contribution in [-0.2, 0) is 9.53 Å². The van der Waals surface area contributed by atoms with Gasteiger partial charge < -0.3 is 24.9 Å². The molecule has 1 fully saturated rings. The number of unbranched alkanes of at least 4 members (excludes halogenated alkanes) is 1. The highest BCUT2D eigenvalue weighted by molar-refractivity contribution is 5.68. The predicted octanol–water partition coefficient (Wildman–Crippen LogP) is 4.28. The summed E-state index contributed by atoms with van der Waals surface area (Å²) in [5.41, 5.74) is 7.67. The Morgan fingerprint density at radius 2 is 1.94 bits per heavy atom. The Balaban J connectivity index is 1.11. The summed E-state index contributed by atoms with van der Waals surface area (Å²) in [7, 11) is 0. The van der Waals surface area contributed by atoms with Crippen LogP contribution in [0.3, 0.4) is 0 Å². The Kier molecular flexibility index (Phi) is 10.9. The number of H-pyrrole nitrogens is 1. The van der Waals surface area contributed by atoms with E-state index in [2.05, 4.69) is 54.8 Å². The molecule has 0 unspecified atom stereocenters. The van der Waals surface area contributed by atoms with Crippen LogP contribution in [0.4, 0.5) is 0 Å². The maximum absolute atomic E-state index is 12.8. The van der Waals surface area contributed by atoms with Crippen LogP contribution >= 0.6 is 0 Å². The fourth-order valence-corrected chi connectivity index (χ4v) is 6.74. The van der Waals surface area contributed by atoms with Gasteiger partial charge in [0.05, 0.1) is 23.8 Å². The lowest BCUT2D eigenvalue weighted by atomic mass is 9.91. The van der Waals surface area contributed by atoms with Crippen LogP contribution in [0.15, 0.2) is 76.0 Å². The second-order valence-electron chi connectivity index (χ2n) is 13.2. The van der Waals surface area contributed by atoms with Crippen molar-refractivity contribution in [1.29, 1.82) is 0 Å². The molecule has 1 aliphatic carbocycles. The molecule has 250 valence electrons. The number of nitrogens with one attached hydrogen (secondary N) is 3. The lowest BCUT2D eigenvalue weighted by Gasteiger charge is -2.36. The van der Waals surface area contributed by atoms with Crippen molar-refractivity contribution in [3.63, 3.8) is 0 Å².